The van der Waals surface area contributed by atoms with E-state index in [1.165, 1.54) is 35.2 Å². The zero-order valence-corrected chi connectivity index (χ0v) is 18.3. The summed E-state index contributed by atoms with van der Waals surface area (Å²) in [6, 6.07) is 19.8. The molecule has 34 heavy (non-hydrogen) atoms. The minimum atomic E-state index is -0.401. The van der Waals surface area contributed by atoms with Crippen LogP contribution in [0, 0.1) is 5.82 Å². The molecule has 1 heterocycles. The van der Waals surface area contributed by atoms with Crippen LogP contribution in [0.5, 0.6) is 11.5 Å². The Hall–Kier alpha value is -4.20. The highest BCUT2D eigenvalue weighted by Gasteiger charge is 2.28. The number of ketones is 1. The molecule has 1 aliphatic heterocycles. The van der Waals surface area contributed by atoms with E-state index in [0.29, 0.717) is 35.7 Å². The Morgan fingerprint density at radius 2 is 1.79 bits per heavy atom. The SMILES string of the molecule is O=C(CN1C(=O)COc2ccc(C(=O)COc3ccc(F)cc3)cc21)NCCc1ccccc1. The number of benzene rings is 3. The molecular formula is C26H23FN2O5. The summed E-state index contributed by atoms with van der Waals surface area (Å²) in [6.45, 7) is -0.203. The molecule has 0 unspecified atom stereocenters. The summed E-state index contributed by atoms with van der Waals surface area (Å²) >= 11 is 0. The largest absolute Gasteiger partial charge is 0.485 e. The van der Waals surface area contributed by atoms with Crippen LogP contribution in [0.15, 0.2) is 72.8 Å². The molecule has 3 aromatic carbocycles. The van der Waals surface area contributed by atoms with Gasteiger partial charge in [-0.1, -0.05) is 30.3 Å². The second-order valence-electron chi connectivity index (χ2n) is 7.70. The van der Waals surface area contributed by atoms with Gasteiger partial charge in [0, 0.05) is 12.1 Å². The molecule has 0 aromatic heterocycles. The maximum Gasteiger partial charge on any atom is 0.265 e. The predicted molar refractivity (Wildman–Crippen MR) is 124 cm³/mol. The van der Waals surface area contributed by atoms with Gasteiger partial charge < -0.3 is 14.8 Å². The van der Waals surface area contributed by atoms with Crippen LogP contribution in [0.25, 0.3) is 0 Å². The molecule has 1 aliphatic rings. The molecule has 0 fully saturated rings. The summed E-state index contributed by atoms with van der Waals surface area (Å²) in [7, 11) is 0. The first kappa shape index (κ1) is 23.0. The molecule has 0 radical (unpaired) electrons. The Morgan fingerprint density at radius 1 is 1.03 bits per heavy atom. The number of fused-ring (bicyclic) bond motifs is 1. The number of Topliss-reactive ketones (excluding diaryl/α,β-unsaturated/α-hetero) is 1. The first-order valence-corrected chi connectivity index (χ1v) is 10.8. The molecule has 1 N–H and O–H groups in total. The molecule has 0 saturated heterocycles. The number of nitrogens with one attached hydrogen (secondary N) is 1. The lowest BCUT2D eigenvalue weighted by Crippen LogP contribution is -2.45. The lowest BCUT2D eigenvalue weighted by molar-refractivity contribution is -0.125. The number of carbonyl (C=O) groups is 3. The third kappa shape index (κ3) is 5.78. The summed E-state index contributed by atoms with van der Waals surface area (Å²) in [5.74, 6) is -0.654. The summed E-state index contributed by atoms with van der Waals surface area (Å²) in [5, 5.41) is 2.82. The Kier molecular flexibility index (Phi) is 7.17. The first-order chi connectivity index (χ1) is 16.5. The quantitative estimate of drug-likeness (QED) is 0.494. The van der Waals surface area contributed by atoms with Gasteiger partial charge in [-0.3, -0.25) is 19.3 Å². The number of amides is 2. The molecule has 0 aliphatic carbocycles. The van der Waals surface area contributed by atoms with Gasteiger partial charge in [-0.15, -0.1) is 0 Å². The number of nitrogens with zero attached hydrogens (tertiary/aromatic N) is 1. The van der Waals surface area contributed by atoms with Crippen LogP contribution in [0.3, 0.4) is 0 Å². The zero-order chi connectivity index (χ0) is 23.9. The minimum absolute atomic E-state index is 0.187. The van der Waals surface area contributed by atoms with Crippen molar-refractivity contribution in [3.05, 3.63) is 89.7 Å². The van der Waals surface area contributed by atoms with E-state index >= 15 is 0 Å². The van der Waals surface area contributed by atoms with Gasteiger partial charge >= 0.3 is 0 Å². The highest BCUT2D eigenvalue weighted by molar-refractivity contribution is 6.04. The van der Waals surface area contributed by atoms with Gasteiger partial charge in [-0.2, -0.15) is 0 Å². The number of anilines is 1. The van der Waals surface area contributed by atoms with Gasteiger partial charge in [0.15, 0.2) is 19.0 Å². The number of hydrogen-bond donors (Lipinski definition) is 1. The summed E-state index contributed by atoms with van der Waals surface area (Å²) < 4.78 is 23.9. The molecule has 174 valence electrons. The fourth-order valence-electron chi connectivity index (χ4n) is 3.50. The van der Waals surface area contributed by atoms with Gasteiger partial charge in [0.2, 0.25) is 5.91 Å². The van der Waals surface area contributed by atoms with E-state index < -0.39 is 5.82 Å². The average molecular weight is 462 g/mol. The fraction of sp³-hybridized carbons (Fsp3) is 0.192. The van der Waals surface area contributed by atoms with Crippen LogP contribution in [0.1, 0.15) is 15.9 Å². The topological polar surface area (TPSA) is 84.9 Å². The van der Waals surface area contributed by atoms with Crippen LogP contribution in [0.4, 0.5) is 10.1 Å². The van der Waals surface area contributed by atoms with Gasteiger partial charge in [0.1, 0.15) is 23.9 Å². The van der Waals surface area contributed by atoms with E-state index in [2.05, 4.69) is 5.32 Å². The second-order valence-corrected chi connectivity index (χ2v) is 7.70. The van der Waals surface area contributed by atoms with Crippen molar-refractivity contribution in [1.29, 1.82) is 0 Å². The maximum absolute atomic E-state index is 13.0. The van der Waals surface area contributed by atoms with E-state index in [1.54, 1.807) is 12.1 Å². The Morgan fingerprint density at radius 3 is 2.56 bits per heavy atom. The van der Waals surface area contributed by atoms with Crippen LogP contribution in [-0.4, -0.2) is 43.9 Å². The molecule has 0 bridgehead atoms. The molecule has 2 amide bonds. The second kappa shape index (κ2) is 10.6. The number of halogens is 1. The smallest absolute Gasteiger partial charge is 0.265 e. The Bertz CT molecular complexity index is 1180. The number of rotatable bonds is 9. The Balaban J connectivity index is 1.39. The van der Waals surface area contributed by atoms with Crippen molar-refractivity contribution in [3.63, 3.8) is 0 Å². The summed E-state index contributed by atoms with van der Waals surface area (Å²) in [5.41, 5.74) is 1.75. The number of hydrogen-bond acceptors (Lipinski definition) is 5. The molecule has 3 aromatic rings. The normalized spacial score (nSPS) is 12.5. The van der Waals surface area contributed by atoms with Crippen molar-refractivity contribution in [1.82, 2.24) is 5.32 Å². The maximum atomic E-state index is 13.0. The van der Waals surface area contributed by atoms with Crippen molar-refractivity contribution in [2.45, 2.75) is 6.42 Å². The number of ether oxygens (including phenoxy) is 2. The van der Waals surface area contributed by atoms with Crippen molar-refractivity contribution in [2.75, 3.05) is 31.2 Å². The number of carbonyl (C=O) groups excluding carboxylic acids is 3. The Labute approximate surface area is 196 Å². The molecule has 8 heteroatoms. The van der Waals surface area contributed by atoms with E-state index in [4.69, 9.17) is 9.47 Å². The molecule has 0 spiro atoms. The lowest BCUT2D eigenvalue weighted by Gasteiger charge is -2.29. The molecular weight excluding hydrogens is 439 g/mol. The third-order valence-electron chi connectivity index (χ3n) is 5.29. The lowest BCUT2D eigenvalue weighted by atomic mass is 10.1. The minimum Gasteiger partial charge on any atom is -0.485 e. The van der Waals surface area contributed by atoms with Gasteiger partial charge in [0.05, 0.1) is 5.69 Å². The van der Waals surface area contributed by atoms with Crippen molar-refractivity contribution in [2.24, 2.45) is 0 Å². The monoisotopic (exact) mass is 462 g/mol. The highest BCUT2D eigenvalue weighted by Crippen LogP contribution is 2.33. The van der Waals surface area contributed by atoms with Crippen LogP contribution in [-0.2, 0) is 16.0 Å². The summed E-state index contributed by atoms with van der Waals surface area (Å²) in [4.78, 5) is 38.9. The van der Waals surface area contributed by atoms with Crippen molar-refractivity contribution < 1.29 is 28.2 Å². The molecule has 7 nitrogen and oxygen atoms in total. The third-order valence-corrected chi connectivity index (χ3v) is 5.29. The van der Waals surface area contributed by atoms with Crippen LogP contribution in [0.2, 0.25) is 0 Å². The van der Waals surface area contributed by atoms with E-state index in [9.17, 15) is 18.8 Å². The van der Waals surface area contributed by atoms with Crippen molar-refractivity contribution >= 4 is 23.3 Å². The summed E-state index contributed by atoms with van der Waals surface area (Å²) in [6.07, 6.45) is 0.674. The molecule has 4 rings (SSSR count). The van der Waals surface area contributed by atoms with E-state index in [0.717, 1.165) is 5.56 Å². The average Bonchev–Trinajstić information content (AvgIpc) is 2.85. The highest BCUT2D eigenvalue weighted by atomic mass is 19.1. The molecule has 0 saturated carbocycles. The molecule has 0 atom stereocenters. The van der Waals surface area contributed by atoms with E-state index in [1.807, 2.05) is 30.3 Å². The van der Waals surface area contributed by atoms with Crippen molar-refractivity contribution in [3.8, 4) is 11.5 Å². The standard InChI is InChI=1S/C26H23FN2O5/c27-20-7-9-21(10-8-20)33-16-23(30)19-6-11-24-22(14-19)29(26(32)17-34-24)15-25(31)28-13-12-18-4-2-1-3-5-18/h1-11,14H,12-13,15-17H2,(H,28,31). The van der Waals surface area contributed by atoms with Gasteiger partial charge in [0.25, 0.3) is 5.91 Å². The van der Waals surface area contributed by atoms with Gasteiger partial charge in [-0.05, 0) is 54.4 Å². The van der Waals surface area contributed by atoms with Crippen LogP contribution >= 0.6 is 0 Å². The first-order valence-electron chi connectivity index (χ1n) is 10.8. The zero-order valence-electron chi connectivity index (χ0n) is 18.3. The van der Waals surface area contributed by atoms with Crippen LogP contribution < -0.4 is 19.7 Å². The predicted octanol–water partition coefficient (Wildman–Crippen LogP) is 3.17. The fourth-order valence-corrected chi connectivity index (χ4v) is 3.50. The van der Waals surface area contributed by atoms with Gasteiger partial charge in [-0.25, -0.2) is 4.39 Å². The van der Waals surface area contributed by atoms with E-state index in [-0.39, 0.29) is 37.4 Å².